The van der Waals surface area contributed by atoms with Crippen LogP contribution in [0.3, 0.4) is 0 Å². The number of aromatic nitrogens is 1. The van der Waals surface area contributed by atoms with E-state index in [0.29, 0.717) is 4.90 Å². The monoisotopic (exact) mass is 483 g/mol. The molecule has 0 aliphatic carbocycles. The molecular weight excluding hydrogens is 471 g/mol. The van der Waals surface area contributed by atoms with Crippen molar-refractivity contribution in [2.45, 2.75) is 9.79 Å². The van der Waals surface area contributed by atoms with Crippen LogP contribution in [0.2, 0.25) is 0 Å². The molecule has 3 aromatic rings. The number of aliphatic imine (C=N–C) groups is 1. The van der Waals surface area contributed by atoms with Crippen molar-refractivity contribution >= 4 is 85.1 Å². The molecular formula is C17H13N3O4S5. The quantitative estimate of drug-likeness (QED) is 0.286. The first-order valence-electron chi connectivity index (χ1n) is 7.96. The standard InChI is InChI=1S/C17H11N3O4S4.H2S/c21-17(22)11-7-9(2-4-13(11)20(23)24)27-28-10-1-3-12-14(8-10)26-16(19-12)15-18-5-6-25-15;/h1-4,7-8H,5-6H2,(H,21,22);1H2. The van der Waals surface area contributed by atoms with Crippen LogP contribution in [0.4, 0.5) is 5.69 Å². The summed E-state index contributed by atoms with van der Waals surface area (Å²) in [4.78, 5) is 32.3. The van der Waals surface area contributed by atoms with Crippen molar-refractivity contribution in [1.82, 2.24) is 4.98 Å². The Morgan fingerprint density at radius 2 is 1.90 bits per heavy atom. The largest absolute Gasteiger partial charge is 0.477 e. The Morgan fingerprint density at radius 1 is 1.17 bits per heavy atom. The van der Waals surface area contributed by atoms with E-state index in [1.807, 2.05) is 18.2 Å². The Balaban J connectivity index is 0.00000240. The normalized spacial score (nSPS) is 13.2. The van der Waals surface area contributed by atoms with Gasteiger partial charge in [-0.05, 0) is 30.3 Å². The van der Waals surface area contributed by atoms with Crippen molar-refractivity contribution in [3.05, 3.63) is 57.1 Å². The molecule has 0 radical (unpaired) electrons. The summed E-state index contributed by atoms with van der Waals surface area (Å²) < 4.78 is 1.06. The maximum atomic E-state index is 11.3. The molecule has 0 amide bonds. The van der Waals surface area contributed by atoms with Crippen LogP contribution < -0.4 is 0 Å². The van der Waals surface area contributed by atoms with Crippen LogP contribution in [-0.4, -0.2) is 38.3 Å². The van der Waals surface area contributed by atoms with Crippen LogP contribution in [-0.2, 0) is 0 Å². The number of rotatable bonds is 6. The second kappa shape index (κ2) is 9.39. The van der Waals surface area contributed by atoms with Gasteiger partial charge in [0.2, 0.25) is 0 Å². The molecule has 150 valence electrons. The fourth-order valence-electron chi connectivity index (χ4n) is 2.51. The second-order valence-corrected chi connectivity index (χ2v) is 9.98. The Kier molecular flexibility index (Phi) is 7.11. The van der Waals surface area contributed by atoms with Crippen LogP contribution in [0.15, 0.2) is 51.2 Å². The van der Waals surface area contributed by atoms with Crippen molar-refractivity contribution in [2.75, 3.05) is 12.3 Å². The molecule has 0 fully saturated rings. The van der Waals surface area contributed by atoms with Gasteiger partial charge in [0.15, 0.2) is 0 Å². The lowest BCUT2D eigenvalue weighted by Gasteiger charge is -2.03. The summed E-state index contributed by atoms with van der Waals surface area (Å²) in [5.41, 5.74) is 0.203. The van der Waals surface area contributed by atoms with E-state index in [2.05, 4.69) is 9.98 Å². The maximum absolute atomic E-state index is 11.3. The first kappa shape index (κ1) is 22.0. The summed E-state index contributed by atoms with van der Waals surface area (Å²) in [5, 5.41) is 22.1. The average molecular weight is 484 g/mol. The number of thiazole rings is 1. The molecule has 29 heavy (non-hydrogen) atoms. The number of benzene rings is 2. The van der Waals surface area contributed by atoms with Crippen LogP contribution >= 0.6 is 58.2 Å². The minimum Gasteiger partial charge on any atom is -0.477 e. The molecule has 0 unspecified atom stereocenters. The predicted octanol–water partition coefficient (Wildman–Crippen LogP) is 5.31. The van der Waals surface area contributed by atoms with E-state index in [9.17, 15) is 20.0 Å². The van der Waals surface area contributed by atoms with E-state index in [-0.39, 0.29) is 19.1 Å². The number of hydrogen-bond acceptors (Lipinski definition) is 9. The van der Waals surface area contributed by atoms with E-state index >= 15 is 0 Å². The number of thioether (sulfide) groups is 1. The average Bonchev–Trinajstić information content (AvgIpc) is 3.34. The third kappa shape index (κ3) is 4.89. The SMILES string of the molecule is O=C(O)c1cc(SSc2ccc3nc(C4=NCCS4)sc3c2)ccc1[N+](=O)[O-].S. The van der Waals surface area contributed by atoms with E-state index in [4.69, 9.17) is 0 Å². The van der Waals surface area contributed by atoms with Gasteiger partial charge in [-0.25, -0.2) is 9.78 Å². The summed E-state index contributed by atoms with van der Waals surface area (Å²) in [6.07, 6.45) is 0. The van der Waals surface area contributed by atoms with Crippen molar-refractivity contribution < 1.29 is 14.8 Å². The molecule has 2 heterocycles. The molecule has 0 atom stereocenters. The molecule has 0 spiro atoms. The van der Waals surface area contributed by atoms with Crippen molar-refractivity contribution in [2.24, 2.45) is 4.99 Å². The lowest BCUT2D eigenvalue weighted by atomic mass is 10.2. The molecule has 7 nitrogen and oxygen atoms in total. The fraction of sp³-hybridized carbons (Fsp3) is 0.118. The first-order valence-corrected chi connectivity index (χ1v) is 11.9. The van der Waals surface area contributed by atoms with Gasteiger partial charge in [-0.1, -0.05) is 21.6 Å². The van der Waals surface area contributed by atoms with E-state index < -0.39 is 16.6 Å². The third-order valence-corrected chi connectivity index (χ3v) is 8.28. The van der Waals surface area contributed by atoms with E-state index in [0.717, 1.165) is 37.5 Å². The van der Waals surface area contributed by atoms with Crippen molar-refractivity contribution in [1.29, 1.82) is 0 Å². The van der Waals surface area contributed by atoms with Crippen LogP contribution in [0.5, 0.6) is 0 Å². The minimum atomic E-state index is -1.31. The Bertz CT molecular complexity index is 1130. The van der Waals surface area contributed by atoms with Gasteiger partial charge in [-0.15, -0.1) is 23.1 Å². The number of hydrogen-bond donors (Lipinski definition) is 1. The highest BCUT2D eigenvalue weighted by molar-refractivity contribution is 8.76. The molecule has 12 heteroatoms. The summed E-state index contributed by atoms with van der Waals surface area (Å²) in [6.45, 7) is 0.835. The number of carbonyl (C=O) groups is 1. The number of carboxylic acid groups (broad SMARTS) is 1. The second-order valence-electron chi connectivity index (χ2n) is 5.59. The zero-order chi connectivity index (χ0) is 19.7. The molecule has 1 aliphatic heterocycles. The van der Waals surface area contributed by atoms with Crippen LogP contribution in [0.25, 0.3) is 10.2 Å². The molecule has 1 aromatic heterocycles. The van der Waals surface area contributed by atoms with Gasteiger partial charge in [-0.2, -0.15) is 13.5 Å². The topological polar surface area (TPSA) is 106 Å². The first-order chi connectivity index (χ1) is 13.5. The van der Waals surface area contributed by atoms with Gasteiger partial charge >= 0.3 is 5.97 Å². The van der Waals surface area contributed by atoms with Crippen LogP contribution in [0.1, 0.15) is 15.4 Å². The van der Waals surface area contributed by atoms with Gasteiger partial charge < -0.3 is 5.11 Å². The number of nitrogens with zero attached hydrogens (tertiary/aromatic N) is 3. The summed E-state index contributed by atoms with van der Waals surface area (Å²) in [6, 6.07) is 10.1. The van der Waals surface area contributed by atoms with Crippen molar-refractivity contribution in [3.63, 3.8) is 0 Å². The summed E-state index contributed by atoms with van der Waals surface area (Å²) in [7, 11) is 2.82. The number of nitro benzene ring substituents is 1. The highest BCUT2D eigenvalue weighted by Crippen LogP contribution is 2.40. The van der Waals surface area contributed by atoms with Gasteiger partial charge in [-0.3, -0.25) is 15.1 Å². The third-order valence-electron chi connectivity index (χ3n) is 3.76. The zero-order valence-electron chi connectivity index (χ0n) is 14.5. The molecule has 0 saturated carbocycles. The molecule has 2 aromatic carbocycles. The fourth-order valence-corrected chi connectivity index (χ4v) is 6.49. The number of aromatic carboxylic acids is 1. The van der Waals surface area contributed by atoms with E-state index in [1.54, 1.807) is 29.2 Å². The zero-order valence-corrected chi connectivity index (χ0v) is 18.8. The highest BCUT2D eigenvalue weighted by atomic mass is 33.1. The van der Waals surface area contributed by atoms with E-state index in [1.165, 1.54) is 33.7 Å². The Morgan fingerprint density at radius 3 is 2.55 bits per heavy atom. The maximum Gasteiger partial charge on any atom is 0.342 e. The lowest BCUT2D eigenvalue weighted by molar-refractivity contribution is -0.385. The van der Waals surface area contributed by atoms with Gasteiger partial charge in [0.05, 0.1) is 15.1 Å². The summed E-state index contributed by atoms with van der Waals surface area (Å²) in [5.74, 6) is -0.318. The smallest absolute Gasteiger partial charge is 0.342 e. The molecule has 1 aliphatic rings. The van der Waals surface area contributed by atoms with Gasteiger partial charge in [0, 0.05) is 28.2 Å². The lowest BCUT2D eigenvalue weighted by Crippen LogP contribution is -2.02. The number of carboxylic acids is 1. The van der Waals surface area contributed by atoms with Crippen LogP contribution in [0, 0.1) is 10.1 Å². The molecule has 1 N–H and O–H groups in total. The van der Waals surface area contributed by atoms with Gasteiger partial charge in [0.1, 0.15) is 15.6 Å². The minimum absolute atomic E-state index is 0. The molecule has 4 rings (SSSR count). The molecule has 0 bridgehead atoms. The van der Waals surface area contributed by atoms with Gasteiger partial charge in [0.25, 0.3) is 5.69 Å². The predicted molar refractivity (Wildman–Crippen MR) is 126 cm³/mol. The molecule has 0 saturated heterocycles. The number of fused-ring (bicyclic) bond motifs is 1. The highest BCUT2D eigenvalue weighted by Gasteiger charge is 2.20. The van der Waals surface area contributed by atoms with Crippen molar-refractivity contribution in [3.8, 4) is 0 Å². The Hall–Kier alpha value is -1.73. The number of nitro groups is 1. The summed E-state index contributed by atoms with van der Waals surface area (Å²) >= 11 is 3.33. The Labute approximate surface area is 188 Å².